The molecule has 2 rings (SSSR count). The smallest absolute Gasteiger partial charge is 0.128 e. The Hall–Kier alpha value is -0.540. The fourth-order valence-corrected chi connectivity index (χ4v) is 3.56. The van der Waals surface area contributed by atoms with Crippen molar-refractivity contribution in [1.82, 2.24) is 9.55 Å². The van der Waals surface area contributed by atoms with Crippen LogP contribution in [-0.4, -0.2) is 9.55 Å². The van der Waals surface area contributed by atoms with Gasteiger partial charge < -0.3 is 4.57 Å². The molecule has 0 bridgehead atoms. The van der Waals surface area contributed by atoms with Gasteiger partial charge in [0.15, 0.2) is 0 Å². The van der Waals surface area contributed by atoms with E-state index < -0.39 is 0 Å². The molecule has 0 aliphatic heterocycles. The third-order valence-corrected chi connectivity index (χ3v) is 5.14. The SMILES string of the molecule is CCC(CC)(CC)n1c(C(C)Cl)nc2cc(Br)ccc21. The first-order chi connectivity index (χ1) is 9.49. The predicted octanol–water partition coefficient (Wildman–Crippen LogP) is 6.02. The van der Waals surface area contributed by atoms with Crippen molar-refractivity contribution >= 4 is 38.6 Å². The number of imidazole rings is 1. The maximum atomic E-state index is 6.40. The minimum absolute atomic E-state index is 0.0924. The maximum Gasteiger partial charge on any atom is 0.128 e. The number of hydrogen-bond acceptors (Lipinski definition) is 1. The summed E-state index contributed by atoms with van der Waals surface area (Å²) in [7, 11) is 0. The summed E-state index contributed by atoms with van der Waals surface area (Å²) in [6, 6.07) is 6.29. The zero-order chi connectivity index (χ0) is 14.9. The lowest BCUT2D eigenvalue weighted by atomic mass is 9.89. The van der Waals surface area contributed by atoms with Crippen molar-refractivity contribution in [3.05, 3.63) is 28.5 Å². The first-order valence-corrected chi connectivity index (χ1v) is 8.54. The standard InChI is InChI=1S/C16H22BrClN2/c1-5-16(6-2,7-3)20-14-9-8-12(17)10-13(14)19-15(20)11(4)18/h8-11H,5-7H2,1-4H3. The molecule has 1 aromatic carbocycles. The summed E-state index contributed by atoms with van der Waals surface area (Å²) >= 11 is 9.92. The van der Waals surface area contributed by atoms with Crippen LogP contribution in [0.3, 0.4) is 0 Å². The molecule has 0 spiro atoms. The number of halogens is 2. The zero-order valence-corrected chi connectivity index (χ0v) is 14.9. The van der Waals surface area contributed by atoms with E-state index in [0.717, 1.165) is 35.1 Å². The van der Waals surface area contributed by atoms with Gasteiger partial charge >= 0.3 is 0 Å². The van der Waals surface area contributed by atoms with Gasteiger partial charge in [-0.1, -0.05) is 36.7 Å². The minimum Gasteiger partial charge on any atom is -0.321 e. The number of alkyl halides is 1. The van der Waals surface area contributed by atoms with E-state index in [1.165, 1.54) is 5.52 Å². The van der Waals surface area contributed by atoms with Gasteiger partial charge in [-0.05, 0) is 44.4 Å². The van der Waals surface area contributed by atoms with E-state index in [4.69, 9.17) is 16.6 Å². The van der Waals surface area contributed by atoms with Gasteiger partial charge in [-0.25, -0.2) is 4.98 Å². The highest BCUT2D eigenvalue weighted by Crippen LogP contribution is 2.37. The molecule has 0 fully saturated rings. The Labute approximate surface area is 134 Å². The van der Waals surface area contributed by atoms with Gasteiger partial charge in [-0.15, -0.1) is 11.6 Å². The van der Waals surface area contributed by atoms with Crippen LogP contribution in [0.2, 0.25) is 0 Å². The van der Waals surface area contributed by atoms with Gasteiger partial charge in [0.2, 0.25) is 0 Å². The van der Waals surface area contributed by atoms with Crippen LogP contribution >= 0.6 is 27.5 Å². The van der Waals surface area contributed by atoms with Gasteiger partial charge in [-0.3, -0.25) is 0 Å². The largest absolute Gasteiger partial charge is 0.321 e. The molecule has 1 atom stereocenters. The number of fused-ring (bicyclic) bond motifs is 1. The van der Waals surface area contributed by atoms with Crippen molar-refractivity contribution in [1.29, 1.82) is 0 Å². The molecule has 1 unspecified atom stereocenters. The number of nitrogens with zero attached hydrogens (tertiary/aromatic N) is 2. The van der Waals surface area contributed by atoms with Crippen molar-refractivity contribution in [3.63, 3.8) is 0 Å². The van der Waals surface area contributed by atoms with Crippen LogP contribution in [0.15, 0.2) is 22.7 Å². The Morgan fingerprint density at radius 1 is 1.25 bits per heavy atom. The first-order valence-electron chi connectivity index (χ1n) is 7.31. The van der Waals surface area contributed by atoms with Crippen LogP contribution in [-0.2, 0) is 5.54 Å². The van der Waals surface area contributed by atoms with Crippen molar-refractivity contribution in [2.45, 2.75) is 57.9 Å². The van der Waals surface area contributed by atoms with Gasteiger partial charge in [0.1, 0.15) is 5.82 Å². The number of aromatic nitrogens is 2. The lowest BCUT2D eigenvalue weighted by Crippen LogP contribution is -2.33. The second kappa shape index (κ2) is 6.07. The third kappa shape index (κ3) is 2.50. The second-order valence-electron chi connectivity index (χ2n) is 5.34. The van der Waals surface area contributed by atoms with Crippen molar-refractivity contribution in [2.75, 3.05) is 0 Å². The van der Waals surface area contributed by atoms with E-state index in [1.54, 1.807) is 0 Å². The molecule has 0 saturated carbocycles. The molecule has 0 aliphatic rings. The fourth-order valence-electron chi connectivity index (χ4n) is 3.06. The monoisotopic (exact) mass is 356 g/mol. The molecule has 0 saturated heterocycles. The van der Waals surface area contributed by atoms with Gasteiger partial charge in [0.05, 0.1) is 16.4 Å². The van der Waals surface area contributed by atoms with E-state index in [0.29, 0.717) is 0 Å². The molecular weight excluding hydrogens is 336 g/mol. The third-order valence-electron chi connectivity index (χ3n) is 4.45. The predicted molar refractivity (Wildman–Crippen MR) is 90.5 cm³/mol. The molecule has 0 amide bonds. The maximum absolute atomic E-state index is 6.40. The molecule has 2 aromatic rings. The van der Waals surface area contributed by atoms with Crippen molar-refractivity contribution in [3.8, 4) is 0 Å². The Balaban J connectivity index is 2.80. The van der Waals surface area contributed by atoms with Crippen molar-refractivity contribution in [2.24, 2.45) is 0 Å². The van der Waals surface area contributed by atoms with Crippen LogP contribution in [0.1, 0.15) is 58.2 Å². The molecule has 0 aliphatic carbocycles. The zero-order valence-electron chi connectivity index (χ0n) is 12.6. The number of rotatable bonds is 5. The Morgan fingerprint density at radius 3 is 2.35 bits per heavy atom. The summed E-state index contributed by atoms with van der Waals surface area (Å²) in [5.74, 6) is 0.977. The molecule has 20 heavy (non-hydrogen) atoms. The molecule has 110 valence electrons. The average Bonchev–Trinajstić information content (AvgIpc) is 2.81. The van der Waals surface area contributed by atoms with E-state index in [9.17, 15) is 0 Å². The van der Waals surface area contributed by atoms with E-state index in [-0.39, 0.29) is 10.9 Å². The molecule has 0 N–H and O–H groups in total. The molecular formula is C16H22BrClN2. The van der Waals surface area contributed by atoms with Crippen LogP contribution in [0, 0.1) is 0 Å². The van der Waals surface area contributed by atoms with E-state index in [2.05, 4.69) is 59.5 Å². The van der Waals surface area contributed by atoms with Crippen LogP contribution in [0.25, 0.3) is 11.0 Å². The Kier molecular flexibility index (Phi) is 4.80. The number of hydrogen-bond donors (Lipinski definition) is 0. The lowest BCUT2D eigenvalue weighted by molar-refractivity contribution is 0.251. The normalized spacial score (nSPS) is 13.9. The number of benzene rings is 1. The van der Waals surface area contributed by atoms with Crippen LogP contribution < -0.4 is 0 Å². The quantitative estimate of drug-likeness (QED) is 0.598. The summed E-state index contributed by atoms with van der Waals surface area (Å²) in [6.07, 6.45) is 3.24. The minimum atomic E-state index is -0.0924. The summed E-state index contributed by atoms with van der Waals surface area (Å²) < 4.78 is 3.44. The Morgan fingerprint density at radius 2 is 1.85 bits per heavy atom. The molecule has 2 nitrogen and oxygen atoms in total. The molecule has 4 heteroatoms. The van der Waals surface area contributed by atoms with E-state index in [1.807, 2.05) is 6.92 Å². The van der Waals surface area contributed by atoms with E-state index >= 15 is 0 Å². The summed E-state index contributed by atoms with van der Waals surface area (Å²) in [5.41, 5.74) is 2.30. The van der Waals surface area contributed by atoms with Crippen LogP contribution in [0.5, 0.6) is 0 Å². The molecule has 1 heterocycles. The fraction of sp³-hybridized carbons (Fsp3) is 0.562. The second-order valence-corrected chi connectivity index (χ2v) is 6.91. The van der Waals surface area contributed by atoms with Crippen molar-refractivity contribution < 1.29 is 0 Å². The highest BCUT2D eigenvalue weighted by molar-refractivity contribution is 9.10. The molecule has 0 radical (unpaired) electrons. The topological polar surface area (TPSA) is 17.8 Å². The Bertz CT molecular complexity index is 592. The highest BCUT2D eigenvalue weighted by Gasteiger charge is 2.31. The average molecular weight is 358 g/mol. The lowest BCUT2D eigenvalue weighted by Gasteiger charge is -2.35. The summed E-state index contributed by atoms with van der Waals surface area (Å²) in [5, 5.41) is -0.0924. The first kappa shape index (κ1) is 15.8. The van der Waals surface area contributed by atoms with Crippen LogP contribution in [0.4, 0.5) is 0 Å². The molecule has 1 aromatic heterocycles. The summed E-state index contributed by atoms with van der Waals surface area (Å²) in [6.45, 7) is 8.75. The van der Waals surface area contributed by atoms with Gasteiger partial charge in [0, 0.05) is 10.0 Å². The highest BCUT2D eigenvalue weighted by atomic mass is 79.9. The summed E-state index contributed by atoms with van der Waals surface area (Å²) in [4.78, 5) is 4.78. The van der Waals surface area contributed by atoms with Gasteiger partial charge in [0.25, 0.3) is 0 Å². The van der Waals surface area contributed by atoms with Gasteiger partial charge in [-0.2, -0.15) is 0 Å².